The highest BCUT2D eigenvalue weighted by molar-refractivity contribution is 7.13. The Bertz CT molecular complexity index is 562. The van der Waals surface area contributed by atoms with Gasteiger partial charge in [0, 0.05) is 6.42 Å². The maximum atomic E-state index is 13.4. The van der Waals surface area contributed by atoms with E-state index in [9.17, 15) is 9.18 Å². The number of rotatable bonds is 3. The fourth-order valence-corrected chi connectivity index (χ4v) is 2.75. The molecular weight excluding hydrogens is 259 g/mol. The van der Waals surface area contributed by atoms with Gasteiger partial charge in [0.2, 0.25) is 0 Å². The molecule has 0 bridgehead atoms. The Labute approximate surface area is 108 Å². The molecule has 1 aromatic heterocycles. The minimum absolute atomic E-state index is 0.0480. The number of Topliss-reactive ketones (excluding diaryl/α,β-unsaturated/α-hetero) is 1. The number of hydrogen-bond donors (Lipinski definition) is 0. The fourth-order valence-electron chi connectivity index (χ4n) is 1.51. The van der Waals surface area contributed by atoms with E-state index in [-0.39, 0.29) is 18.0 Å². The molecule has 0 atom stereocenters. The summed E-state index contributed by atoms with van der Waals surface area (Å²) in [6.45, 7) is 1.85. The van der Waals surface area contributed by atoms with Crippen molar-refractivity contribution in [3.8, 4) is 0 Å². The molecule has 0 radical (unpaired) electrons. The zero-order valence-electron chi connectivity index (χ0n) is 9.17. The van der Waals surface area contributed by atoms with Gasteiger partial charge in [-0.1, -0.05) is 29.8 Å². The van der Waals surface area contributed by atoms with E-state index in [0.29, 0.717) is 15.5 Å². The average Bonchev–Trinajstić information content (AvgIpc) is 2.63. The van der Waals surface area contributed by atoms with Crippen LogP contribution in [0, 0.1) is 12.7 Å². The van der Waals surface area contributed by atoms with E-state index in [1.165, 1.54) is 17.4 Å². The molecule has 1 heterocycles. The van der Waals surface area contributed by atoms with E-state index in [4.69, 9.17) is 11.6 Å². The number of aryl methyl sites for hydroxylation is 1. The van der Waals surface area contributed by atoms with Crippen molar-refractivity contribution in [1.29, 1.82) is 0 Å². The summed E-state index contributed by atoms with van der Waals surface area (Å²) >= 11 is 7.31. The Morgan fingerprint density at radius 1 is 1.41 bits per heavy atom. The quantitative estimate of drug-likeness (QED) is 0.760. The summed E-state index contributed by atoms with van der Waals surface area (Å²) in [6, 6.07) is 6.28. The molecule has 0 saturated carbocycles. The van der Waals surface area contributed by atoms with Gasteiger partial charge in [-0.25, -0.2) is 4.39 Å². The molecule has 0 amide bonds. The zero-order chi connectivity index (χ0) is 12.4. The maximum absolute atomic E-state index is 13.4. The summed E-state index contributed by atoms with van der Waals surface area (Å²) in [5.74, 6) is -0.497. The molecular formula is C13H10ClFOS. The SMILES string of the molecule is Cc1csc(C(=O)Cc2ccccc2F)c1Cl. The predicted molar refractivity (Wildman–Crippen MR) is 68.5 cm³/mol. The van der Waals surface area contributed by atoms with Gasteiger partial charge < -0.3 is 0 Å². The normalized spacial score (nSPS) is 10.5. The van der Waals surface area contributed by atoms with Crippen molar-refractivity contribution in [2.24, 2.45) is 0 Å². The molecule has 2 aromatic rings. The van der Waals surface area contributed by atoms with Crippen molar-refractivity contribution in [2.75, 3.05) is 0 Å². The standard InChI is InChI=1S/C13H10ClFOS/c1-8-7-17-13(12(8)14)11(16)6-9-4-2-3-5-10(9)15/h2-5,7H,6H2,1H3. The van der Waals surface area contributed by atoms with E-state index in [2.05, 4.69) is 0 Å². The van der Waals surface area contributed by atoms with Gasteiger partial charge in [0.25, 0.3) is 0 Å². The Hall–Kier alpha value is -1.19. The third kappa shape index (κ3) is 2.56. The molecule has 17 heavy (non-hydrogen) atoms. The van der Waals surface area contributed by atoms with Gasteiger partial charge in [0.15, 0.2) is 5.78 Å². The molecule has 1 aromatic carbocycles. The number of benzene rings is 1. The fraction of sp³-hybridized carbons (Fsp3) is 0.154. The molecule has 0 unspecified atom stereocenters. The lowest BCUT2D eigenvalue weighted by molar-refractivity contribution is 0.0996. The lowest BCUT2D eigenvalue weighted by Crippen LogP contribution is -2.03. The van der Waals surface area contributed by atoms with Gasteiger partial charge in [-0.05, 0) is 29.5 Å². The molecule has 0 aliphatic carbocycles. The van der Waals surface area contributed by atoms with Crippen LogP contribution in [0.25, 0.3) is 0 Å². The second kappa shape index (κ2) is 4.98. The van der Waals surface area contributed by atoms with Gasteiger partial charge in [-0.15, -0.1) is 11.3 Å². The van der Waals surface area contributed by atoms with Crippen molar-refractivity contribution >= 4 is 28.7 Å². The van der Waals surface area contributed by atoms with Crippen LogP contribution in [0.2, 0.25) is 5.02 Å². The molecule has 0 saturated heterocycles. The van der Waals surface area contributed by atoms with E-state index < -0.39 is 0 Å². The van der Waals surface area contributed by atoms with Crippen LogP contribution in [0.1, 0.15) is 20.8 Å². The Kier molecular flexibility index (Phi) is 3.60. The molecule has 0 aliphatic heterocycles. The van der Waals surface area contributed by atoms with Crippen LogP contribution in [0.4, 0.5) is 4.39 Å². The lowest BCUT2D eigenvalue weighted by atomic mass is 10.1. The Morgan fingerprint density at radius 3 is 2.71 bits per heavy atom. The first-order chi connectivity index (χ1) is 8.09. The topological polar surface area (TPSA) is 17.1 Å². The van der Waals surface area contributed by atoms with Crippen LogP contribution < -0.4 is 0 Å². The highest BCUT2D eigenvalue weighted by atomic mass is 35.5. The lowest BCUT2D eigenvalue weighted by Gasteiger charge is -2.01. The Balaban J connectivity index is 2.23. The third-order valence-corrected chi connectivity index (χ3v) is 4.20. The summed E-state index contributed by atoms with van der Waals surface area (Å²) < 4.78 is 13.4. The van der Waals surface area contributed by atoms with Crippen molar-refractivity contribution in [2.45, 2.75) is 13.3 Å². The van der Waals surface area contributed by atoms with Gasteiger partial charge >= 0.3 is 0 Å². The monoisotopic (exact) mass is 268 g/mol. The molecule has 2 rings (SSSR count). The molecule has 0 aliphatic rings. The maximum Gasteiger partial charge on any atom is 0.178 e. The van der Waals surface area contributed by atoms with Crippen molar-refractivity contribution in [1.82, 2.24) is 0 Å². The van der Waals surface area contributed by atoms with E-state index >= 15 is 0 Å². The van der Waals surface area contributed by atoms with Crippen LogP contribution in [-0.4, -0.2) is 5.78 Å². The van der Waals surface area contributed by atoms with Crippen LogP contribution in [-0.2, 0) is 6.42 Å². The second-order valence-electron chi connectivity index (χ2n) is 3.75. The number of halogens is 2. The van der Waals surface area contributed by atoms with E-state index in [1.807, 2.05) is 12.3 Å². The smallest absolute Gasteiger partial charge is 0.178 e. The number of thiophene rings is 1. The predicted octanol–water partition coefficient (Wildman–Crippen LogP) is 4.27. The first kappa shape index (κ1) is 12.3. The number of carbonyl (C=O) groups excluding carboxylic acids is 1. The van der Waals surface area contributed by atoms with Crippen LogP contribution in [0.5, 0.6) is 0 Å². The third-order valence-electron chi connectivity index (χ3n) is 2.46. The molecule has 0 N–H and O–H groups in total. The number of ketones is 1. The number of carbonyl (C=O) groups is 1. The number of hydrogen-bond acceptors (Lipinski definition) is 2. The summed E-state index contributed by atoms with van der Waals surface area (Å²) in [6.07, 6.45) is 0.0480. The highest BCUT2D eigenvalue weighted by Crippen LogP contribution is 2.28. The first-order valence-corrected chi connectivity index (χ1v) is 6.35. The first-order valence-electron chi connectivity index (χ1n) is 5.10. The van der Waals surface area contributed by atoms with Gasteiger partial charge in [-0.3, -0.25) is 4.79 Å². The van der Waals surface area contributed by atoms with Gasteiger partial charge in [0.05, 0.1) is 9.90 Å². The highest BCUT2D eigenvalue weighted by Gasteiger charge is 2.16. The van der Waals surface area contributed by atoms with Crippen LogP contribution in [0.15, 0.2) is 29.6 Å². The minimum Gasteiger partial charge on any atom is -0.293 e. The molecule has 0 fully saturated rings. The minimum atomic E-state index is -0.356. The summed E-state index contributed by atoms with van der Waals surface area (Å²) in [7, 11) is 0. The summed E-state index contributed by atoms with van der Waals surface area (Å²) in [5.41, 5.74) is 1.29. The largest absolute Gasteiger partial charge is 0.293 e. The van der Waals surface area contributed by atoms with E-state index in [1.54, 1.807) is 18.2 Å². The van der Waals surface area contributed by atoms with E-state index in [0.717, 1.165) is 5.56 Å². The summed E-state index contributed by atoms with van der Waals surface area (Å²) in [5, 5.41) is 2.31. The van der Waals surface area contributed by atoms with Crippen molar-refractivity contribution in [3.05, 3.63) is 56.5 Å². The molecule has 1 nitrogen and oxygen atoms in total. The average molecular weight is 269 g/mol. The van der Waals surface area contributed by atoms with Gasteiger partial charge in [0.1, 0.15) is 5.82 Å². The van der Waals surface area contributed by atoms with Gasteiger partial charge in [-0.2, -0.15) is 0 Å². The molecule has 4 heteroatoms. The van der Waals surface area contributed by atoms with Crippen molar-refractivity contribution < 1.29 is 9.18 Å². The summed E-state index contributed by atoms with van der Waals surface area (Å²) in [4.78, 5) is 12.5. The van der Waals surface area contributed by atoms with Crippen LogP contribution >= 0.6 is 22.9 Å². The second-order valence-corrected chi connectivity index (χ2v) is 5.01. The zero-order valence-corrected chi connectivity index (χ0v) is 10.7. The molecule has 88 valence electrons. The van der Waals surface area contributed by atoms with Crippen LogP contribution in [0.3, 0.4) is 0 Å². The Morgan fingerprint density at radius 2 is 2.12 bits per heavy atom. The van der Waals surface area contributed by atoms with Crippen molar-refractivity contribution in [3.63, 3.8) is 0 Å². The molecule has 0 spiro atoms.